The highest BCUT2D eigenvalue weighted by Gasteiger charge is 2.22. The van der Waals surface area contributed by atoms with Gasteiger partial charge in [0.1, 0.15) is 28.0 Å². The maximum absolute atomic E-state index is 6.56. The van der Waals surface area contributed by atoms with Gasteiger partial charge in [0.05, 0.1) is 11.0 Å². The van der Waals surface area contributed by atoms with Crippen molar-refractivity contribution < 1.29 is 8.83 Å². The highest BCUT2D eigenvalue weighted by molar-refractivity contribution is 6.20. The van der Waals surface area contributed by atoms with Crippen LogP contribution < -0.4 is 0 Å². The van der Waals surface area contributed by atoms with Gasteiger partial charge in [0.2, 0.25) is 5.95 Å². The van der Waals surface area contributed by atoms with Crippen molar-refractivity contribution >= 4 is 87.4 Å². The zero-order valence-electron chi connectivity index (χ0n) is 28.2. The second-order valence-electron chi connectivity index (χ2n) is 13.8. The first-order valence-corrected chi connectivity index (χ1v) is 17.8. The molecule has 12 rings (SSSR count). The number of para-hydroxylation sites is 3. The summed E-state index contributed by atoms with van der Waals surface area (Å²) < 4.78 is 15.3. The molecule has 0 saturated carbocycles. The summed E-state index contributed by atoms with van der Waals surface area (Å²) in [5, 5.41) is 9.90. The Hall–Kier alpha value is -7.24. The van der Waals surface area contributed by atoms with E-state index in [0.29, 0.717) is 11.5 Å². The van der Waals surface area contributed by atoms with Gasteiger partial charge in [-0.25, -0.2) is 9.97 Å². The van der Waals surface area contributed by atoms with Crippen LogP contribution in [0.3, 0.4) is 0 Å². The summed E-state index contributed by atoms with van der Waals surface area (Å²) in [5.41, 5.74) is 10.1. The molecule has 12 aromatic rings. The van der Waals surface area contributed by atoms with E-state index in [1.165, 1.54) is 11.1 Å². The van der Waals surface area contributed by atoms with E-state index >= 15 is 0 Å². The molecule has 0 aliphatic heterocycles. The number of hydrogen-bond acceptors (Lipinski definition) is 4. The minimum Gasteiger partial charge on any atom is -0.455 e. The van der Waals surface area contributed by atoms with Crippen molar-refractivity contribution in [2.45, 2.75) is 0 Å². The van der Waals surface area contributed by atoms with Crippen molar-refractivity contribution in [2.24, 2.45) is 0 Å². The Balaban J connectivity index is 1.14. The van der Waals surface area contributed by atoms with Gasteiger partial charge in [-0.2, -0.15) is 0 Å². The van der Waals surface area contributed by atoms with Gasteiger partial charge in [-0.3, -0.25) is 4.57 Å². The molecule has 0 aliphatic rings. The van der Waals surface area contributed by atoms with E-state index in [9.17, 15) is 0 Å². The SMILES string of the molecule is c1ccc(-c2ccc3cc(-c4nc(-n5c6ccccc6c6cc7ccc8c9ccccc9oc8c7cc65)nc5c4oc4ccccc45)ccc3c2)cc1. The Morgan fingerprint density at radius 3 is 1.89 bits per heavy atom. The first kappa shape index (κ1) is 28.5. The smallest absolute Gasteiger partial charge is 0.236 e. The molecule has 246 valence electrons. The number of aromatic nitrogens is 3. The quantitative estimate of drug-likeness (QED) is 0.187. The second-order valence-corrected chi connectivity index (χ2v) is 13.8. The van der Waals surface area contributed by atoms with Gasteiger partial charge in [0.25, 0.3) is 0 Å². The number of furan rings is 2. The van der Waals surface area contributed by atoms with Crippen molar-refractivity contribution in [1.82, 2.24) is 14.5 Å². The van der Waals surface area contributed by atoms with Crippen LogP contribution in [0.2, 0.25) is 0 Å². The van der Waals surface area contributed by atoms with E-state index in [2.05, 4.69) is 132 Å². The van der Waals surface area contributed by atoms with Gasteiger partial charge in [-0.05, 0) is 81.9 Å². The van der Waals surface area contributed by atoms with E-state index in [1.54, 1.807) is 0 Å². The van der Waals surface area contributed by atoms with E-state index in [-0.39, 0.29) is 0 Å². The van der Waals surface area contributed by atoms with Crippen molar-refractivity contribution in [3.63, 3.8) is 0 Å². The summed E-state index contributed by atoms with van der Waals surface area (Å²) >= 11 is 0. The normalized spacial score (nSPS) is 12.2. The molecule has 5 heteroatoms. The van der Waals surface area contributed by atoms with Crippen LogP contribution in [0.5, 0.6) is 0 Å². The van der Waals surface area contributed by atoms with Crippen LogP contribution in [0, 0.1) is 0 Å². The number of nitrogens with zero attached hydrogens (tertiary/aromatic N) is 3. The van der Waals surface area contributed by atoms with Crippen molar-refractivity contribution in [3.05, 3.63) is 164 Å². The predicted molar refractivity (Wildman–Crippen MR) is 217 cm³/mol. The third kappa shape index (κ3) is 4.13. The Kier molecular flexibility index (Phi) is 5.71. The molecule has 53 heavy (non-hydrogen) atoms. The van der Waals surface area contributed by atoms with Gasteiger partial charge < -0.3 is 8.83 Å². The van der Waals surface area contributed by atoms with Gasteiger partial charge in [0.15, 0.2) is 5.58 Å². The van der Waals surface area contributed by atoms with Crippen LogP contribution >= 0.6 is 0 Å². The summed E-state index contributed by atoms with van der Waals surface area (Å²) in [7, 11) is 0. The standard InChI is InChI=1S/C48H27N3O2/c1-2-10-28(11-3-1)29-18-19-31-25-33(21-20-30(31)24-29)44-47-45(37-14-6-9-17-43(37)53-47)50-48(49-44)51-40-15-7-4-12-34(40)39-26-32-22-23-36-35-13-5-8-16-42(35)52-46(36)38(32)27-41(39)51/h1-27H. The zero-order chi connectivity index (χ0) is 34.6. The topological polar surface area (TPSA) is 57.0 Å². The molecule has 0 unspecified atom stereocenters. The summed E-state index contributed by atoms with van der Waals surface area (Å²) in [6.45, 7) is 0. The predicted octanol–water partition coefficient (Wildman–Crippen LogP) is 13.0. The Morgan fingerprint density at radius 1 is 0.377 bits per heavy atom. The number of fused-ring (bicyclic) bond motifs is 12. The first-order valence-electron chi connectivity index (χ1n) is 17.8. The highest BCUT2D eigenvalue weighted by Crippen LogP contribution is 2.41. The molecule has 0 saturated heterocycles. The lowest BCUT2D eigenvalue weighted by molar-refractivity contribution is 0.666. The number of rotatable bonds is 3. The van der Waals surface area contributed by atoms with E-state index in [1.807, 2.05) is 36.4 Å². The van der Waals surface area contributed by atoms with Crippen molar-refractivity contribution in [3.8, 4) is 28.3 Å². The highest BCUT2D eigenvalue weighted by atomic mass is 16.3. The maximum atomic E-state index is 6.56. The van der Waals surface area contributed by atoms with Gasteiger partial charge >= 0.3 is 0 Å². The second kappa shape index (κ2) is 10.6. The Bertz CT molecular complexity index is 3460. The lowest BCUT2D eigenvalue weighted by Crippen LogP contribution is -2.03. The lowest BCUT2D eigenvalue weighted by Gasteiger charge is -2.11. The monoisotopic (exact) mass is 677 g/mol. The third-order valence-electron chi connectivity index (χ3n) is 10.8. The molecular formula is C48H27N3O2. The molecule has 0 spiro atoms. The molecule has 0 fully saturated rings. The summed E-state index contributed by atoms with van der Waals surface area (Å²) in [6, 6.07) is 57.4. The summed E-state index contributed by atoms with van der Waals surface area (Å²) in [5.74, 6) is 0.584. The van der Waals surface area contributed by atoms with Crippen LogP contribution in [0.15, 0.2) is 173 Å². The molecular weight excluding hydrogens is 651 g/mol. The molecule has 0 aliphatic carbocycles. The molecule has 0 bridgehead atoms. The Labute approximate surface area is 302 Å². The molecule has 0 amide bonds. The number of hydrogen-bond donors (Lipinski definition) is 0. The maximum Gasteiger partial charge on any atom is 0.236 e. The van der Waals surface area contributed by atoms with Crippen LogP contribution in [0.25, 0.3) is 116 Å². The fourth-order valence-corrected chi connectivity index (χ4v) is 8.26. The van der Waals surface area contributed by atoms with E-state index < -0.39 is 0 Å². The summed E-state index contributed by atoms with van der Waals surface area (Å²) in [4.78, 5) is 10.7. The van der Waals surface area contributed by atoms with Crippen LogP contribution in [0.1, 0.15) is 0 Å². The van der Waals surface area contributed by atoms with Crippen molar-refractivity contribution in [2.75, 3.05) is 0 Å². The average Bonchev–Trinajstić information content (AvgIpc) is 3.89. The summed E-state index contributed by atoms with van der Waals surface area (Å²) in [6.07, 6.45) is 0. The molecule has 4 heterocycles. The molecule has 0 radical (unpaired) electrons. The fraction of sp³-hybridized carbons (Fsp3) is 0. The van der Waals surface area contributed by atoms with Crippen LogP contribution in [-0.4, -0.2) is 14.5 Å². The zero-order valence-corrected chi connectivity index (χ0v) is 28.2. The largest absolute Gasteiger partial charge is 0.455 e. The first-order chi connectivity index (χ1) is 26.2. The van der Waals surface area contributed by atoms with Gasteiger partial charge in [-0.15, -0.1) is 0 Å². The minimum atomic E-state index is 0.584. The van der Waals surface area contributed by atoms with Crippen LogP contribution in [-0.2, 0) is 0 Å². The Morgan fingerprint density at radius 2 is 1.04 bits per heavy atom. The van der Waals surface area contributed by atoms with E-state index in [0.717, 1.165) is 93.0 Å². The lowest BCUT2D eigenvalue weighted by atomic mass is 9.99. The van der Waals surface area contributed by atoms with Crippen molar-refractivity contribution in [1.29, 1.82) is 0 Å². The molecule has 5 nitrogen and oxygen atoms in total. The van der Waals surface area contributed by atoms with E-state index in [4.69, 9.17) is 18.8 Å². The number of benzene rings is 8. The van der Waals surface area contributed by atoms with Crippen LogP contribution in [0.4, 0.5) is 0 Å². The average molecular weight is 678 g/mol. The van der Waals surface area contributed by atoms with Gasteiger partial charge in [0, 0.05) is 37.9 Å². The molecule has 0 N–H and O–H groups in total. The molecule has 8 aromatic carbocycles. The minimum absolute atomic E-state index is 0.584. The third-order valence-corrected chi connectivity index (χ3v) is 10.8. The fourth-order valence-electron chi connectivity index (χ4n) is 8.26. The molecule has 0 atom stereocenters. The van der Waals surface area contributed by atoms with Gasteiger partial charge in [-0.1, -0.05) is 109 Å². The molecule has 4 aromatic heterocycles.